The molecule has 3 aromatic rings. The Hall–Kier alpha value is -3.69. The first-order valence-corrected chi connectivity index (χ1v) is 9.85. The smallest absolute Gasteiger partial charge is 0.370 e. The summed E-state index contributed by atoms with van der Waals surface area (Å²) in [5.74, 6) is 1.31. The monoisotopic (exact) mass is 430 g/mol. The third-order valence-electron chi connectivity index (χ3n) is 5.00. The summed E-state index contributed by atoms with van der Waals surface area (Å²) in [6, 6.07) is 6.40. The number of hydrogen-bond acceptors (Lipinski definition) is 8. The summed E-state index contributed by atoms with van der Waals surface area (Å²) in [5.41, 5.74) is 1.35. The SMILES string of the molecule is Cc1cc([C@H](Nc2no[n+](O)c2Nc2cccc(C(=O)N(C)C)c2O)C(C)C)oc1C. The zero-order valence-corrected chi connectivity index (χ0v) is 18.4. The van der Waals surface area contributed by atoms with Crippen LogP contribution in [0, 0.1) is 19.8 Å². The molecule has 4 N–H and O–H groups in total. The molecule has 166 valence electrons. The molecule has 0 unspecified atom stereocenters. The number of phenols is 1. The highest BCUT2D eigenvalue weighted by Gasteiger charge is 2.31. The van der Waals surface area contributed by atoms with E-state index in [0.717, 1.165) is 17.1 Å². The minimum atomic E-state index is -0.356. The van der Waals surface area contributed by atoms with Crippen LogP contribution < -0.4 is 15.5 Å². The van der Waals surface area contributed by atoms with Crippen LogP contribution in [0.3, 0.4) is 0 Å². The Morgan fingerprint density at radius 2 is 1.97 bits per heavy atom. The van der Waals surface area contributed by atoms with Crippen LogP contribution in [-0.4, -0.2) is 40.4 Å². The second-order valence-corrected chi connectivity index (χ2v) is 7.92. The number of furan rings is 1. The molecule has 0 bridgehead atoms. The van der Waals surface area contributed by atoms with Gasteiger partial charge in [0.05, 0.1) is 11.6 Å². The van der Waals surface area contributed by atoms with E-state index >= 15 is 0 Å². The van der Waals surface area contributed by atoms with Crippen LogP contribution >= 0.6 is 0 Å². The molecular weight excluding hydrogens is 402 g/mol. The summed E-state index contributed by atoms with van der Waals surface area (Å²) < 4.78 is 10.7. The van der Waals surface area contributed by atoms with Gasteiger partial charge in [-0.05, 0) is 43.5 Å². The number of benzene rings is 1. The lowest BCUT2D eigenvalue weighted by atomic mass is 10.0. The number of aromatic hydroxyl groups is 1. The summed E-state index contributed by atoms with van der Waals surface area (Å²) in [6.45, 7) is 7.90. The van der Waals surface area contributed by atoms with Gasteiger partial charge < -0.3 is 24.9 Å². The van der Waals surface area contributed by atoms with Crippen LogP contribution in [0.1, 0.15) is 47.3 Å². The van der Waals surface area contributed by atoms with Gasteiger partial charge in [-0.3, -0.25) is 10.1 Å². The first-order chi connectivity index (χ1) is 14.6. The molecule has 2 aromatic heterocycles. The first-order valence-electron chi connectivity index (χ1n) is 9.85. The molecule has 0 aliphatic rings. The normalized spacial score (nSPS) is 12.1. The second kappa shape index (κ2) is 8.58. The Labute approximate surface area is 180 Å². The van der Waals surface area contributed by atoms with E-state index in [9.17, 15) is 15.1 Å². The average Bonchev–Trinajstić information content (AvgIpc) is 3.22. The van der Waals surface area contributed by atoms with Crippen LogP contribution in [0.4, 0.5) is 17.3 Å². The van der Waals surface area contributed by atoms with E-state index < -0.39 is 0 Å². The molecule has 0 spiro atoms. The number of carbonyl (C=O) groups excluding carboxylic acids is 1. The van der Waals surface area contributed by atoms with Gasteiger partial charge in [0.1, 0.15) is 27.3 Å². The maximum absolute atomic E-state index is 12.3. The number of rotatable bonds is 7. The number of anilines is 3. The summed E-state index contributed by atoms with van der Waals surface area (Å²) in [7, 11) is 3.19. The molecule has 0 saturated carbocycles. The molecule has 0 radical (unpaired) electrons. The molecule has 0 aliphatic carbocycles. The Balaban J connectivity index is 1.93. The lowest BCUT2D eigenvalue weighted by Gasteiger charge is -2.18. The molecule has 31 heavy (non-hydrogen) atoms. The number of nitrogens with one attached hydrogen (secondary N) is 2. The van der Waals surface area contributed by atoms with Gasteiger partial charge in [-0.1, -0.05) is 24.5 Å². The lowest BCUT2D eigenvalue weighted by Crippen LogP contribution is -2.30. The number of carbonyl (C=O) groups is 1. The van der Waals surface area contributed by atoms with Crippen molar-refractivity contribution in [1.29, 1.82) is 0 Å². The van der Waals surface area contributed by atoms with Gasteiger partial charge in [-0.25, -0.2) is 0 Å². The Morgan fingerprint density at radius 3 is 2.55 bits per heavy atom. The van der Waals surface area contributed by atoms with E-state index in [4.69, 9.17) is 9.05 Å². The summed E-state index contributed by atoms with van der Waals surface area (Å²) in [4.78, 5) is 14.1. The van der Waals surface area contributed by atoms with Crippen molar-refractivity contribution in [1.82, 2.24) is 10.1 Å². The largest absolute Gasteiger partial charge is 0.504 e. The number of hydrogen-bond donors (Lipinski definition) is 4. The summed E-state index contributed by atoms with van der Waals surface area (Å²) in [5, 5.41) is 30.7. The van der Waals surface area contributed by atoms with Crippen LogP contribution in [0.25, 0.3) is 0 Å². The molecule has 0 saturated heterocycles. The Bertz CT molecular complexity index is 1070. The topological polar surface area (TPSA) is 128 Å². The third-order valence-corrected chi connectivity index (χ3v) is 5.00. The van der Waals surface area contributed by atoms with Crippen molar-refractivity contribution in [2.75, 3.05) is 24.7 Å². The minimum absolute atomic E-state index is 0.0513. The van der Waals surface area contributed by atoms with Crippen molar-refractivity contribution in [3.63, 3.8) is 0 Å². The Kier molecular flexibility index (Phi) is 6.09. The highest BCUT2D eigenvalue weighted by Crippen LogP contribution is 2.34. The zero-order chi connectivity index (χ0) is 22.9. The van der Waals surface area contributed by atoms with E-state index in [1.807, 2.05) is 33.8 Å². The molecule has 10 nitrogen and oxygen atoms in total. The van der Waals surface area contributed by atoms with Crippen molar-refractivity contribution in [2.45, 2.75) is 33.7 Å². The van der Waals surface area contributed by atoms with Gasteiger partial charge in [0.2, 0.25) is 0 Å². The molecule has 0 fully saturated rings. The average molecular weight is 430 g/mol. The maximum Gasteiger partial charge on any atom is 0.370 e. The highest BCUT2D eigenvalue weighted by molar-refractivity contribution is 5.98. The lowest BCUT2D eigenvalue weighted by molar-refractivity contribution is -1.03. The van der Waals surface area contributed by atoms with Crippen LogP contribution in [0.5, 0.6) is 5.75 Å². The Morgan fingerprint density at radius 1 is 1.26 bits per heavy atom. The van der Waals surface area contributed by atoms with Crippen LogP contribution in [-0.2, 0) is 0 Å². The van der Waals surface area contributed by atoms with Gasteiger partial charge >= 0.3 is 11.6 Å². The van der Waals surface area contributed by atoms with Crippen molar-refractivity contribution in [2.24, 2.45) is 5.92 Å². The fourth-order valence-corrected chi connectivity index (χ4v) is 3.11. The van der Waals surface area contributed by atoms with Crippen molar-refractivity contribution in [3.8, 4) is 5.75 Å². The van der Waals surface area contributed by atoms with Crippen LogP contribution in [0.15, 0.2) is 33.3 Å². The number of aryl methyl sites for hydroxylation is 2. The number of aromatic nitrogens is 2. The number of phenolic OH excluding ortho intramolecular Hbond substituents is 1. The van der Waals surface area contributed by atoms with E-state index in [-0.39, 0.29) is 46.5 Å². The van der Waals surface area contributed by atoms with E-state index in [1.165, 1.54) is 11.0 Å². The molecule has 1 aromatic carbocycles. The van der Waals surface area contributed by atoms with Crippen LogP contribution in [0.2, 0.25) is 0 Å². The third kappa shape index (κ3) is 4.42. The van der Waals surface area contributed by atoms with Gasteiger partial charge in [-0.15, -0.1) is 0 Å². The van der Waals surface area contributed by atoms with Crippen molar-refractivity contribution in [3.05, 3.63) is 46.9 Å². The molecular formula is C21H28N5O5+. The molecule has 3 rings (SSSR count). The summed E-state index contributed by atoms with van der Waals surface area (Å²) >= 11 is 0. The van der Waals surface area contributed by atoms with Crippen molar-refractivity contribution >= 4 is 23.2 Å². The summed E-state index contributed by atoms with van der Waals surface area (Å²) in [6.07, 6.45) is 0. The van der Waals surface area contributed by atoms with Crippen molar-refractivity contribution < 1.29 is 29.1 Å². The number of amides is 1. The second-order valence-electron chi connectivity index (χ2n) is 7.92. The molecule has 10 heteroatoms. The molecule has 0 aliphatic heterocycles. The molecule has 2 heterocycles. The minimum Gasteiger partial charge on any atom is -0.504 e. The van der Waals surface area contributed by atoms with Gasteiger partial charge in [0.25, 0.3) is 5.91 Å². The predicted molar refractivity (Wildman–Crippen MR) is 113 cm³/mol. The van der Waals surface area contributed by atoms with E-state index in [1.54, 1.807) is 26.2 Å². The maximum atomic E-state index is 12.3. The predicted octanol–water partition coefficient (Wildman–Crippen LogP) is 3.37. The van der Waals surface area contributed by atoms with Gasteiger partial charge in [0, 0.05) is 14.1 Å². The zero-order valence-electron chi connectivity index (χ0n) is 18.4. The highest BCUT2D eigenvalue weighted by atomic mass is 16.8. The number of para-hydroxylation sites is 1. The van der Waals surface area contributed by atoms with E-state index in [2.05, 4.69) is 15.8 Å². The fraction of sp³-hybridized carbons (Fsp3) is 0.381. The quantitative estimate of drug-likeness (QED) is 0.332. The molecule has 1 amide bonds. The fourth-order valence-electron chi connectivity index (χ4n) is 3.11. The molecule has 1 atom stereocenters. The van der Waals surface area contributed by atoms with E-state index in [0.29, 0.717) is 4.90 Å². The standard InChI is InChI=1S/C21H27N5O5/c1-11(2)17(16-10-12(3)13(4)30-16)23-19-20(26(29)31-24-19)22-15-9-7-8-14(18(15)27)21(28)25(5)6/h7-11,17,29H,1-6H3,(H2,23,24,27,28)/p+1/t17-/m1/s1. The van der Waals surface area contributed by atoms with Gasteiger partial charge in [0.15, 0.2) is 5.75 Å². The number of nitrogens with zero attached hydrogens (tertiary/aromatic N) is 3. The van der Waals surface area contributed by atoms with Gasteiger partial charge in [-0.2, -0.15) is 0 Å². The first kappa shape index (κ1) is 22.0.